The van der Waals surface area contributed by atoms with E-state index < -0.39 is 9.84 Å². The Morgan fingerprint density at radius 3 is 2.85 bits per heavy atom. The Labute approximate surface area is 121 Å². The Balaban J connectivity index is 1.57. The lowest BCUT2D eigenvalue weighted by atomic mass is 9.97. The third kappa shape index (κ3) is 5.25. The largest absolute Gasteiger partial charge is 0.351 e. The molecule has 1 unspecified atom stereocenters. The fourth-order valence-electron chi connectivity index (χ4n) is 2.77. The molecule has 0 radical (unpaired) electrons. The van der Waals surface area contributed by atoms with Crippen LogP contribution >= 0.6 is 0 Å². The molecule has 20 heavy (non-hydrogen) atoms. The molecule has 1 amide bonds. The van der Waals surface area contributed by atoms with E-state index in [1.165, 1.54) is 31.3 Å². The molecule has 1 heterocycles. The van der Waals surface area contributed by atoms with Crippen LogP contribution < -0.4 is 10.6 Å². The molecule has 0 aromatic rings. The van der Waals surface area contributed by atoms with Gasteiger partial charge >= 0.3 is 0 Å². The maximum atomic E-state index is 11.7. The summed E-state index contributed by atoms with van der Waals surface area (Å²) in [5.74, 6) is 0.176. The quantitative estimate of drug-likeness (QED) is 0.561. The Hall–Kier alpha value is -0.880. The van der Waals surface area contributed by atoms with E-state index >= 15 is 0 Å². The van der Waals surface area contributed by atoms with Gasteiger partial charge in [-0.3, -0.25) is 4.79 Å². The number of hydrogen-bond donors (Lipinski definition) is 2. The number of hydrogen-bond acceptors (Lipinski definition) is 4. The highest BCUT2D eigenvalue weighted by Crippen LogP contribution is 2.19. The first kappa shape index (κ1) is 15.5. The van der Waals surface area contributed by atoms with E-state index in [0.717, 1.165) is 13.0 Å². The van der Waals surface area contributed by atoms with E-state index in [9.17, 15) is 13.2 Å². The molecule has 1 aliphatic heterocycles. The van der Waals surface area contributed by atoms with Crippen LogP contribution in [0.1, 0.15) is 38.5 Å². The van der Waals surface area contributed by atoms with Crippen LogP contribution in [0.25, 0.3) is 0 Å². The average Bonchev–Trinajstić information content (AvgIpc) is 2.75. The van der Waals surface area contributed by atoms with Crippen LogP contribution in [0.5, 0.6) is 0 Å². The van der Waals surface area contributed by atoms with Gasteiger partial charge in [0.25, 0.3) is 0 Å². The van der Waals surface area contributed by atoms with Crippen LogP contribution in [0.4, 0.5) is 0 Å². The van der Waals surface area contributed by atoms with Gasteiger partial charge in [-0.05, 0) is 45.1 Å². The predicted octanol–water partition coefficient (Wildman–Crippen LogP) is 0.770. The maximum Gasteiger partial charge on any atom is 0.234 e. The van der Waals surface area contributed by atoms with Gasteiger partial charge in [0.1, 0.15) is 0 Å². The van der Waals surface area contributed by atoms with Gasteiger partial charge < -0.3 is 10.6 Å². The van der Waals surface area contributed by atoms with Crippen molar-refractivity contribution in [2.75, 3.05) is 24.6 Å². The van der Waals surface area contributed by atoms with Crippen molar-refractivity contribution >= 4 is 15.7 Å². The zero-order valence-electron chi connectivity index (χ0n) is 11.9. The lowest BCUT2D eigenvalue weighted by Crippen LogP contribution is -2.41. The molecule has 114 valence electrons. The molecule has 2 N–H and O–H groups in total. The molecule has 1 atom stereocenters. The molecule has 6 heteroatoms. The van der Waals surface area contributed by atoms with Crippen LogP contribution in [0.15, 0.2) is 11.6 Å². The predicted molar refractivity (Wildman–Crippen MR) is 79.2 cm³/mol. The Kier molecular flexibility index (Phi) is 5.60. The summed E-state index contributed by atoms with van der Waals surface area (Å²) in [5.41, 5.74) is 1.49. The molecule has 1 fully saturated rings. The van der Waals surface area contributed by atoms with E-state index in [1.54, 1.807) is 0 Å². The van der Waals surface area contributed by atoms with E-state index in [-0.39, 0.29) is 30.0 Å². The number of amides is 1. The lowest BCUT2D eigenvalue weighted by Gasteiger charge is -2.14. The number of rotatable bonds is 6. The summed E-state index contributed by atoms with van der Waals surface area (Å²) in [6.07, 6.45) is 8.81. The van der Waals surface area contributed by atoms with Gasteiger partial charge in [-0.2, -0.15) is 0 Å². The highest BCUT2D eigenvalue weighted by Gasteiger charge is 2.28. The normalized spacial score (nSPS) is 25.2. The zero-order valence-corrected chi connectivity index (χ0v) is 12.7. The van der Waals surface area contributed by atoms with Gasteiger partial charge in [-0.15, -0.1) is 0 Å². The van der Waals surface area contributed by atoms with Crippen LogP contribution in [-0.2, 0) is 14.6 Å². The first-order valence-corrected chi connectivity index (χ1v) is 9.26. The fraction of sp³-hybridized carbons (Fsp3) is 0.786. The van der Waals surface area contributed by atoms with Gasteiger partial charge in [0.2, 0.25) is 5.91 Å². The molecule has 0 aromatic carbocycles. The summed E-state index contributed by atoms with van der Waals surface area (Å²) in [7, 11) is -2.92. The van der Waals surface area contributed by atoms with E-state index in [4.69, 9.17) is 0 Å². The standard InChI is InChI=1S/C14H24N2O3S/c17-14(16-13-7-9-20(18,19)11-13)10-15-8-6-12-4-2-1-3-5-12/h4,13,15H,1-3,5-11H2,(H,16,17). The molecule has 1 aliphatic carbocycles. The Bertz CT molecular complexity index is 471. The van der Waals surface area contributed by atoms with E-state index in [1.807, 2.05) is 0 Å². The highest BCUT2D eigenvalue weighted by atomic mass is 32.2. The second kappa shape index (κ2) is 7.22. The third-order valence-electron chi connectivity index (χ3n) is 3.89. The van der Waals surface area contributed by atoms with Crippen LogP contribution in [0, 0.1) is 0 Å². The summed E-state index contributed by atoms with van der Waals surface area (Å²) in [4.78, 5) is 11.7. The van der Waals surface area contributed by atoms with Gasteiger partial charge in [-0.1, -0.05) is 11.6 Å². The molecule has 0 spiro atoms. The number of allylic oxidation sites excluding steroid dienone is 1. The van der Waals surface area contributed by atoms with Crippen molar-refractivity contribution in [1.82, 2.24) is 10.6 Å². The van der Waals surface area contributed by atoms with E-state index in [2.05, 4.69) is 16.7 Å². The number of sulfone groups is 1. The van der Waals surface area contributed by atoms with Gasteiger partial charge in [0, 0.05) is 6.04 Å². The van der Waals surface area contributed by atoms with Crippen molar-refractivity contribution in [2.45, 2.75) is 44.6 Å². The molecule has 2 aliphatic rings. The summed E-state index contributed by atoms with van der Waals surface area (Å²) < 4.78 is 22.6. The van der Waals surface area contributed by atoms with Crippen molar-refractivity contribution in [3.8, 4) is 0 Å². The zero-order chi connectivity index (χ0) is 14.4. The summed E-state index contributed by atoms with van der Waals surface area (Å²) in [5, 5.41) is 5.90. The smallest absolute Gasteiger partial charge is 0.234 e. The van der Waals surface area contributed by atoms with Gasteiger partial charge in [-0.25, -0.2) is 8.42 Å². The molecular formula is C14H24N2O3S. The second-order valence-electron chi connectivity index (χ2n) is 5.70. The first-order chi connectivity index (χ1) is 9.55. The Morgan fingerprint density at radius 1 is 1.35 bits per heavy atom. The van der Waals surface area contributed by atoms with Crippen molar-refractivity contribution in [1.29, 1.82) is 0 Å². The molecule has 0 saturated carbocycles. The summed E-state index contributed by atoms with van der Waals surface area (Å²) in [6, 6.07) is -0.199. The minimum Gasteiger partial charge on any atom is -0.351 e. The fourth-order valence-corrected chi connectivity index (χ4v) is 4.44. The molecule has 0 aromatic heterocycles. The minimum absolute atomic E-state index is 0.0889. The first-order valence-electron chi connectivity index (χ1n) is 7.43. The third-order valence-corrected chi connectivity index (χ3v) is 5.66. The van der Waals surface area contributed by atoms with Crippen molar-refractivity contribution < 1.29 is 13.2 Å². The van der Waals surface area contributed by atoms with Gasteiger partial charge in [0.05, 0.1) is 18.1 Å². The van der Waals surface area contributed by atoms with Crippen LogP contribution in [0.3, 0.4) is 0 Å². The number of carbonyl (C=O) groups excluding carboxylic acids is 1. The monoisotopic (exact) mass is 300 g/mol. The number of nitrogens with one attached hydrogen (secondary N) is 2. The summed E-state index contributed by atoms with van der Waals surface area (Å²) in [6.45, 7) is 1.08. The molecule has 2 rings (SSSR count). The second-order valence-corrected chi connectivity index (χ2v) is 7.93. The SMILES string of the molecule is O=C(CNCCC1=CCCCC1)NC1CCS(=O)(=O)C1. The average molecular weight is 300 g/mol. The maximum absolute atomic E-state index is 11.7. The van der Waals surface area contributed by atoms with Crippen molar-refractivity contribution in [2.24, 2.45) is 0 Å². The number of carbonyl (C=O) groups is 1. The lowest BCUT2D eigenvalue weighted by molar-refractivity contribution is -0.120. The topological polar surface area (TPSA) is 75.3 Å². The molecule has 1 saturated heterocycles. The molecular weight excluding hydrogens is 276 g/mol. The molecule has 5 nitrogen and oxygen atoms in total. The molecule has 0 bridgehead atoms. The van der Waals surface area contributed by atoms with E-state index in [0.29, 0.717) is 6.42 Å². The van der Waals surface area contributed by atoms with Gasteiger partial charge in [0.15, 0.2) is 9.84 Å². The van der Waals surface area contributed by atoms with Crippen molar-refractivity contribution in [3.63, 3.8) is 0 Å². The minimum atomic E-state index is -2.92. The summed E-state index contributed by atoms with van der Waals surface area (Å²) >= 11 is 0. The van der Waals surface area contributed by atoms with Crippen LogP contribution in [0.2, 0.25) is 0 Å². The highest BCUT2D eigenvalue weighted by molar-refractivity contribution is 7.91. The Morgan fingerprint density at radius 2 is 2.20 bits per heavy atom. The van der Waals surface area contributed by atoms with Crippen LogP contribution in [-0.4, -0.2) is 45.0 Å². The van der Waals surface area contributed by atoms with Crippen molar-refractivity contribution in [3.05, 3.63) is 11.6 Å².